The van der Waals surface area contributed by atoms with Crippen LogP contribution in [0.15, 0.2) is 29.3 Å². The number of hydrogen-bond donors (Lipinski definition) is 3. The van der Waals surface area contributed by atoms with Gasteiger partial charge in [-0.2, -0.15) is 0 Å². The Kier molecular flexibility index (Phi) is 4.18. The topological polar surface area (TPSA) is 87.2 Å². The van der Waals surface area contributed by atoms with E-state index >= 15 is 0 Å². The van der Waals surface area contributed by atoms with Gasteiger partial charge in [0, 0.05) is 10.7 Å². The summed E-state index contributed by atoms with van der Waals surface area (Å²) in [5, 5.41) is 10.8. The zero-order chi connectivity index (χ0) is 15.6. The minimum Gasteiger partial charge on any atom is -0.384 e. The van der Waals surface area contributed by atoms with Crippen LogP contribution in [0.2, 0.25) is 5.02 Å². The van der Waals surface area contributed by atoms with Crippen LogP contribution in [0, 0.1) is 18.2 Å². The molecule has 1 aromatic carbocycles. The van der Waals surface area contributed by atoms with Crippen LogP contribution in [0.25, 0.3) is 0 Å². The number of halogens is 2. The summed E-state index contributed by atoms with van der Waals surface area (Å²) in [5.41, 5.74) is 6.84. The Labute approximate surface area is 126 Å². The Morgan fingerprint density at radius 1 is 1.52 bits per heavy atom. The summed E-state index contributed by atoms with van der Waals surface area (Å²) in [6.07, 6.45) is 0. The van der Waals surface area contributed by atoms with Gasteiger partial charge >= 0.3 is 0 Å². The molecule has 0 radical (unpaired) electrons. The van der Waals surface area contributed by atoms with Crippen molar-refractivity contribution >= 4 is 41.5 Å². The number of pyridine rings is 1. The summed E-state index contributed by atoms with van der Waals surface area (Å²) in [7, 11) is 0. The smallest absolute Gasteiger partial charge is 0.169 e. The third kappa shape index (κ3) is 3.00. The molecule has 4 N–H and O–H groups in total. The number of rotatable bonds is 4. The number of aromatic nitrogens is 1. The van der Waals surface area contributed by atoms with Gasteiger partial charge in [-0.1, -0.05) is 17.7 Å². The van der Waals surface area contributed by atoms with Crippen molar-refractivity contribution in [2.24, 2.45) is 10.7 Å². The van der Waals surface area contributed by atoms with Crippen molar-refractivity contribution in [1.29, 1.82) is 5.41 Å². The van der Waals surface area contributed by atoms with Crippen molar-refractivity contribution in [1.82, 2.24) is 4.98 Å². The SMILES string of the molecule is C=Nc1nc(Nc2cccc(Cl)c2C)c(F)cc1C(=N)N. The second kappa shape index (κ2) is 5.88. The van der Waals surface area contributed by atoms with Gasteiger partial charge in [-0.05, 0) is 37.4 Å². The quantitative estimate of drug-likeness (QED) is 0.596. The van der Waals surface area contributed by atoms with Crippen LogP contribution in [0.4, 0.5) is 21.7 Å². The minimum absolute atomic E-state index is 0.0345. The summed E-state index contributed by atoms with van der Waals surface area (Å²) in [4.78, 5) is 7.66. The minimum atomic E-state index is -0.646. The van der Waals surface area contributed by atoms with Gasteiger partial charge in [0.05, 0.1) is 5.56 Å². The molecule has 108 valence electrons. The Morgan fingerprint density at radius 2 is 2.24 bits per heavy atom. The molecular formula is C14H13ClFN5. The molecule has 2 aromatic rings. The molecule has 0 bridgehead atoms. The molecule has 21 heavy (non-hydrogen) atoms. The lowest BCUT2D eigenvalue weighted by Gasteiger charge is -2.12. The highest BCUT2D eigenvalue weighted by Crippen LogP contribution is 2.28. The predicted octanol–water partition coefficient (Wildman–Crippen LogP) is 3.54. The summed E-state index contributed by atoms with van der Waals surface area (Å²) >= 11 is 6.02. The third-order valence-corrected chi connectivity index (χ3v) is 3.33. The number of nitrogens with one attached hydrogen (secondary N) is 2. The van der Waals surface area contributed by atoms with E-state index in [0.29, 0.717) is 10.7 Å². The number of aliphatic imine (C=N–C) groups is 1. The predicted molar refractivity (Wildman–Crippen MR) is 83.9 cm³/mol. The molecule has 0 aliphatic rings. The highest BCUT2D eigenvalue weighted by atomic mass is 35.5. The van der Waals surface area contributed by atoms with E-state index in [9.17, 15) is 4.39 Å². The molecule has 0 atom stereocenters. The average Bonchev–Trinajstić information content (AvgIpc) is 2.45. The van der Waals surface area contributed by atoms with E-state index in [0.717, 1.165) is 11.6 Å². The van der Waals surface area contributed by atoms with Gasteiger partial charge in [0.15, 0.2) is 17.5 Å². The molecule has 0 aliphatic heterocycles. The number of amidine groups is 1. The Hall–Kier alpha value is -2.47. The van der Waals surface area contributed by atoms with Crippen molar-refractivity contribution in [2.45, 2.75) is 6.92 Å². The second-order valence-corrected chi connectivity index (χ2v) is 4.71. The first-order chi connectivity index (χ1) is 9.93. The highest BCUT2D eigenvalue weighted by Gasteiger charge is 2.14. The molecule has 7 heteroatoms. The molecule has 0 saturated heterocycles. The van der Waals surface area contributed by atoms with Gasteiger partial charge in [0.25, 0.3) is 0 Å². The molecule has 1 aromatic heterocycles. The molecule has 0 fully saturated rings. The molecule has 1 heterocycles. The van der Waals surface area contributed by atoms with Crippen LogP contribution in [-0.4, -0.2) is 17.5 Å². The van der Waals surface area contributed by atoms with Gasteiger partial charge in [-0.25, -0.2) is 14.4 Å². The number of benzene rings is 1. The molecule has 0 spiro atoms. The Morgan fingerprint density at radius 3 is 2.86 bits per heavy atom. The van der Waals surface area contributed by atoms with Crippen molar-refractivity contribution in [2.75, 3.05) is 5.32 Å². The van der Waals surface area contributed by atoms with E-state index in [1.54, 1.807) is 25.1 Å². The fraction of sp³-hybridized carbons (Fsp3) is 0.0714. The highest BCUT2D eigenvalue weighted by molar-refractivity contribution is 6.31. The number of nitrogen functional groups attached to an aromatic ring is 1. The largest absolute Gasteiger partial charge is 0.384 e. The second-order valence-electron chi connectivity index (χ2n) is 4.30. The zero-order valence-corrected chi connectivity index (χ0v) is 12.0. The number of hydrogen-bond acceptors (Lipinski definition) is 4. The summed E-state index contributed by atoms with van der Waals surface area (Å²) < 4.78 is 14.1. The van der Waals surface area contributed by atoms with Crippen LogP contribution in [0.1, 0.15) is 11.1 Å². The lowest BCUT2D eigenvalue weighted by atomic mass is 10.2. The van der Waals surface area contributed by atoms with E-state index < -0.39 is 5.82 Å². The Balaban J connectivity index is 2.48. The van der Waals surface area contributed by atoms with Gasteiger partial charge in [-0.15, -0.1) is 0 Å². The molecule has 5 nitrogen and oxygen atoms in total. The van der Waals surface area contributed by atoms with Crippen LogP contribution in [-0.2, 0) is 0 Å². The lowest BCUT2D eigenvalue weighted by molar-refractivity contribution is 0.626. The molecule has 0 saturated carbocycles. The van der Waals surface area contributed by atoms with E-state index in [1.165, 1.54) is 0 Å². The van der Waals surface area contributed by atoms with E-state index in [2.05, 4.69) is 22.0 Å². The first kappa shape index (κ1) is 14.9. The zero-order valence-electron chi connectivity index (χ0n) is 11.2. The average molecular weight is 306 g/mol. The van der Waals surface area contributed by atoms with Crippen LogP contribution in [0.3, 0.4) is 0 Å². The summed E-state index contributed by atoms with van der Waals surface area (Å²) in [5.74, 6) is -0.917. The normalized spacial score (nSPS) is 10.2. The van der Waals surface area contributed by atoms with Crippen LogP contribution in [0.5, 0.6) is 0 Å². The first-order valence-electron chi connectivity index (χ1n) is 5.98. The van der Waals surface area contributed by atoms with Gasteiger partial charge in [-0.3, -0.25) is 5.41 Å². The van der Waals surface area contributed by atoms with Crippen molar-refractivity contribution in [3.63, 3.8) is 0 Å². The van der Waals surface area contributed by atoms with Crippen molar-refractivity contribution in [3.8, 4) is 0 Å². The maximum Gasteiger partial charge on any atom is 0.169 e. The number of nitrogens with two attached hydrogens (primary N) is 1. The number of nitrogens with zero attached hydrogens (tertiary/aromatic N) is 2. The van der Waals surface area contributed by atoms with Gasteiger partial charge < -0.3 is 11.1 Å². The number of anilines is 2. The molecule has 2 rings (SSSR count). The molecular weight excluding hydrogens is 293 g/mol. The van der Waals surface area contributed by atoms with Gasteiger partial charge in [0.1, 0.15) is 5.84 Å². The van der Waals surface area contributed by atoms with E-state index in [1.807, 2.05) is 0 Å². The van der Waals surface area contributed by atoms with E-state index in [4.69, 9.17) is 22.7 Å². The third-order valence-electron chi connectivity index (χ3n) is 2.92. The standard InChI is InChI=1S/C14H13ClFN5/c1-7-9(15)4-3-5-11(7)20-14-10(16)6-8(12(17)18)13(19-2)21-14/h3-6H,2H2,1H3,(H3,17,18)(H,20,21). The summed E-state index contributed by atoms with van der Waals surface area (Å²) in [6.45, 7) is 5.15. The van der Waals surface area contributed by atoms with Crippen molar-refractivity contribution in [3.05, 3.63) is 46.2 Å². The van der Waals surface area contributed by atoms with E-state index in [-0.39, 0.29) is 23.0 Å². The molecule has 0 amide bonds. The Bertz CT molecular complexity index is 730. The molecule has 0 unspecified atom stereocenters. The fourth-order valence-electron chi connectivity index (χ4n) is 1.76. The van der Waals surface area contributed by atoms with Crippen molar-refractivity contribution < 1.29 is 4.39 Å². The van der Waals surface area contributed by atoms with Gasteiger partial charge in [0.2, 0.25) is 0 Å². The molecule has 0 aliphatic carbocycles. The first-order valence-corrected chi connectivity index (χ1v) is 6.35. The lowest BCUT2D eigenvalue weighted by Crippen LogP contribution is -2.13. The maximum absolute atomic E-state index is 14.1. The monoisotopic (exact) mass is 305 g/mol. The fourth-order valence-corrected chi connectivity index (χ4v) is 1.93. The van der Waals surface area contributed by atoms with Crippen LogP contribution >= 0.6 is 11.6 Å². The maximum atomic E-state index is 14.1. The van der Waals surface area contributed by atoms with Crippen LogP contribution < -0.4 is 11.1 Å². The summed E-state index contributed by atoms with van der Waals surface area (Å²) in [6, 6.07) is 6.33.